The van der Waals surface area contributed by atoms with E-state index < -0.39 is 0 Å². The van der Waals surface area contributed by atoms with Gasteiger partial charge in [-0.15, -0.1) is 0 Å². The van der Waals surface area contributed by atoms with Crippen LogP contribution in [-0.4, -0.2) is 32.5 Å². The zero-order valence-electron chi connectivity index (χ0n) is 16.9. The first-order valence-corrected chi connectivity index (χ1v) is 9.91. The van der Waals surface area contributed by atoms with Crippen molar-refractivity contribution in [2.24, 2.45) is 7.05 Å². The first-order valence-electron chi connectivity index (χ1n) is 9.91. The van der Waals surface area contributed by atoms with Gasteiger partial charge in [-0.2, -0.15) is 0 Å². The molecule has 1 aliphatic carbocycles. The predicted octanol–water partition coefficient (Wildman–Crippen LogP) is 3.79. The summed E-state index contributed by atoms with van der Waals surface area (Å²) >= 11 is 0. The molecular weight excluding hydrogens is 338 g/mol. The van der Waals surface area contributed by atoms with Crippen molar-refractivity contribution in [2.75, 3.05) is 11.9 Å². The molecule has 0 aromatic carbocycles. The molecule has 0 spiro atoms. The molecule has 0 atom stereocenters. The van der Waals surface area contributed by atoms with Crippen molar-refractivity contribution in [1.82, 2.24) is 19.9 Å². The van der Waals surface area contributed by atoms with Crippen LogP contribution in [0.1, 0.15) is 73.7 Å². The Labute approximate surface area is 161 Å². The maximum atomic E-state index is 13.0. The molecule has 1 aliphatic rings. The second kappa shape index (κ2) is 8.11. The van der Waals surface area contributed by atoms with Gasteiger partial charge in [0.05, 0.1) is 5.54 Å². The number of amides is 1. The van der Waals surface area contributed by atoms with Gasteiger partial charge in [-0.25, -0.2) is 9.97 Å². The Kier molecular flexibility index (Phi) is 5.82. The fourth-order valence-corrected chi connectivity index (χ4v) is 3.88. The highest BCUT2D eigenvalue weighted by molar-refractivity contribution is 5.94. The van der Waals surface area contributed by atoms with Crippen LogP contribution in [0.25, 0.3) is 0 Å². The quantitative estimate of drug-likeness (QED) is 0.812. The van der Waals surface area contributed by atoms with Crippen LogP contribution in [0.5, 0.6) is 0 Å². The summed E-state index contributed by atoms with van der Waals surface area (Å²) in [6.45, 7) is 6.83. The van der Waals surface area contributed by atoms with Crippen molar-refractivity contribution in [1.29, 1.82) is 0 Å². The molecule has 6 nitrogen and oxygen atoms in total. The van der Waals surface area contributed by atoms with Gasteiger partial charge in [0.25, 0.3) is 5.91 Å². The van der Waals surface area contributed by atoms with Crippen LogP contribution in [0.2, 0.25) is 0 Å². The Balaban J connectivity index is 1.75. The summed E-state index contributed by atoms with van der Waals surface area (Å²) in [7, 11) is 1.92. The second-order valence-corrected chi connectivity index (χ2v) is 8.06. The van der Waals surface area contributed by atoms with Gasteiger partial charge in [-0.05, 0) is 37.5 Å². The van der Waals surface area contributed by atoms with Crippen molar-refractivity contribution < 1.29 is 4.79 Å². The van der Waals surface area contributed by atoms with Crippen LogP contribution in [0.3, 0.4) is 0 Å². The van der Waals surface area contributed by atoms with E-state index in [1.54, 1.807) is 6.20 Å². The van der Waals surface area contributed by atoms with Crippen molar-refractivity contribution in [3.8, 4) is 0 Å². The van der Waals surface area contributed by atoms with Crippen LogP contribution >= 0.6 is 0 Å². The standard InChI is InChI=1S/C21H31N5O/c1-15(2)19-22-12-8-17(24-19)23-14-21(10-6-5-7-11-21)25-20(27)18-16(3)9-13-26(18)4/h8-9,12-13,15H,5-7,10-11,14H2,1-4H3,(H,25,27)(H,22,23,24). The summed E-state index contributed by atoms with van der Waals surface area (Å²) in [6, 6.07) is 3.88. The molecule has 1 amide bonds. The van der Waals surface area contributed by atoms with E-state index in [0.29, 0.717) is 6.54 Å². The number of aryl methyl sites for hydroxylation is 2. The summed E-state index contributed by atoms with van der Waals surface area (Å²) in [5.41, 5.74) is 1.50. The summed E-state index contributed by atoms with van der Waals surface area (Å²) in [5.74, 6) is 1.95. The van der Waals surface area contributed by atoms with Gasteiger partial charge in [-0.3, -0.25) is 4.79 Å². The number of rotatable bonds is 6. The summed E-state index contributed by atoms with van der Waals surface area (Å²) < 4.78 is 1.90. The topological polar surface area (TPSA) is 71.8 Å². The van der Waals surface area contributed by atoms with Crippen molar-refractivity contribution >= 4 is 11.7 Å². The SMILES string of the molecule is Cc1ccn(C)c1C(=O)NC1(CNc2ccnc(C(C)C)n2)CCCCC1. The molecule has 6 heteroatoms. The largest absolute Gasteiger partial charge is 0.368 e. The zero-order chi connectivity index (χ0) is 19.4. The lowest BCUT2D eigenvalue weighted by Gasteiger charge is -2.38. The smallest absolute Gasteiger partial charge is 0.268 e. The molecule has 0 unspecified atom stereocenters. The number of carbonyl (C=O) groups is 1. The molecule has 3 rings (SSSR count). The lowest BCUT2D eigenvalue weighted by molar-refractivity contribution is 0.0869. The second-order valence-electron chi connectivity index (χ2n) is 8.06. The molecule has 2 aromatic rings. The highest BCUT2D eigenvalue weighted by atomic mass is 16.2. The Morgan fingerprint density at radius 2 is 2.00 bits per heavy atom. The van der Waals surface area contributed by atoms with E-state index in [0.717, 1.165) is 48.6 Å². The monoisotopic (exact) mass is 369 g/mol. The third-order valence-corrected chi connectivity index (χ3v) is 5.48. The average Bonchev–Trinajstić information content (AvgIpc) is 2.99. The van der Waals surface area contributed by atoms with Gasteiger partial charge in [0, 0.05) is 31.9 Å². The summed E-state index contributed by atoms with van der Waals surface area (Å²) in [6.07, 6.45) is 9.19. The highest BCUT2D eigenvalue weighted by Crippen LogP contribution is 2.29. The first-order chi connectivity index (χ1) is 12.9. The third kappa shape index (κ3) is 4.49. The number of aromatic nitrogens is 3. The Morgan fingerprint density at radius 3 is 2.63 bits per heavy atom. The molecule has 146 valence electrons. The molecular formula is C21H31N5O. The fourth-order valence-electron chi connectivity index (χ4n) is 3.88. The molecule has 0 radical (unpaired) electrons. The van der Waals surface area contributed by atoms with E-state index in [9.17, 15) is 4.79 Å². The van der Waals surface area contributed by atoms with E-state index in [4.69, 9.17) is 0 Å². The molecule has 0 bridgehead atoms. The number of nitrogens with one attached hydrogen (secondary N) is 2. The molecule has 2 N–H and O–H groups in total. The first kappa shape index (κ1) is 19.4. The third-order valence-electron chi connectivity index (χ3n) is 5.48. The van der Waals surface area contributed by atoms with Crippen LogP contribution in [0.4, 0.5) is 5.82 Å². The minimum atomic E-state index is -0.241. The average molecular weight is 370 g/mol. The number of hydrogen-bond donors (Lipinski definition) is 2. The summed E-state index contributed by atoms with van der Waals surface area (Å²) in [5, 5.41) is 6.82. The van der Waals surface area contributed by atoms with E-state index in [1.165, 1.54) is 6.42 Å². The number of hydrogen-bond acceptors (Lipinski definition) is 4. The van der Waals surface area contributed by atoms with E-state index >= 15 is 0 Å². The maximum absolute atomic E-state index is 13.0. The van der Waals surface area contributed by atoms with Gasteiger partial charge < -0.3 is 15.2 Å². The van der Waals surface area contributed by atoms with Crippen LogP contribution < -0.4 is 10.6 Å². The molecule has 0 aliphatic heterocycles. The normalized spacial score (nSPS) is 16.3. The molecule has 27 heavy (non-hydrogen) atoms. The summed E-state index contributed by atoms with van der Waals surface area (Å²) in [4.78, 5) is 21.9. The van der Waals surface area contributed by atoms with E-state index in [1.807, 2.05) is 36.9 Å². The lowest BCUT2D eigenvalue weighted by atomic mass is 9.81. The molecule has 2 heterocycles. The van der Waals surface area contributed by atoms with E-state index in [2.05, 4.69) is 34.4 Å². The van der Waals surface area contributed by atoms with Gasteiger partial charge in [0.1, 0.15) is 17.3 Å². The van der Waals surface area contributed by atoms with Crippen LogP contribution in [-0.2, 0) is 7.05 Å². The van der Waals surface area contributed by atoms with Crippen molar-refractivity contribution in [3.63, 3.8) is 0 Å². The van der Waals surface area contributed by atoms with Gasteiger partial charge in [-0.1, -0.05) is 33.1 Å². The predicted molar refractivity (Wildman–Crippen MR) is 108 cm³/mol. The molecule has 2 aromatic heterocycles. The Morgan fingerprint density at radius 1 is 1.26 bits per heavy atom. The fraction of sp³-hybridized carbons (Fsp3) is 0.571. The lowest BCUT2D eigenvalue weighted by Crippen LogP contribution is -2.54. The molecule has 1 fully saturated rings. The maximum Gasteiger partial charge on any atom is 0.268 e. The minimum absolute atomic E-state index is 0.00857. The van der Waals surface area contributed by atoms with Gasteiger partial charge >= 0.3 is 0 Å². The zero-order valence-corrected chi connectivity index (χ0v) is 16.9. The molecule has 0 saturated heterocycles. The van der Waals surface area contributed by atoms with Crippen LogP contribution in [0.15, 0.2) is 24.5 Å². The Hall–Kier alpha value is -2.37. The Bertz CT molecular complexity index is 770. The van der Waals surface area contributed by atoms with Gasteiger partial charge in [0.2, 0.25) is 0 Å². The van der Waals surface area contributed by atoms with E-state index in [-0.39, 0.29) is 17.4 Å². The number of carbonyl (C=O) groups excluding carboxylic acids is 1. The van der Waals surface area contributed by atoms with Crippen molar-refractivity contribution in [3.05, 3.63) is 41.6 Å². The number of nitrogens with zero attached hydrogens (tertiary/aromatic N) is 3. The molecule has 1 saturated carbocycles. The number of anilines is 1. The van der Waals surface area contributed by atoms with Gasteiger partial charge in [0.15, 0.2) is 0 Å². The highest BCUT2D eigenvalue weighted by Gasteiger charge is 2.34. The minimum Gasteiger partial charge on any atom is -0.368 e. The van der Waals surface area contributed by atoms with Crippen LogP contribution in [0, 0.1) is 6.92 Å². The van der Waals surface area contributed by atoms with Crippen molar-refractivity contribution in [2.45, 2.75) is 64.3 Å².